The van der Waals surface area contributed by atoms with Crippen LogP contribution < -0.4 is 5.32 Å². The number of aryl methyl sites for hydroxylation is 3. The molecule has 0 saturated heterocycles. The second-order valence-corrected chi connectivity index (χ2v) is 7.38. The molecule has 1 aromatic heterocycles. The smallest absolute Gasteiger partial charge is 0.0416 e. The van der Waals surface area contributed by atoms with Gasteiger partial charge in [0.2, 0.25) is 0 Å². The third-order valence-electron chi connectivity index (χ3n) is 4.58. The molecule has 0 aliphatic heterocycles. The van der Waals surface area contributed by atoms with Crippen molar-refractivity contribution in [3.63, 3.8) is 0 Å². The van der Waals surface area contributed by atoms with Gasteiger partial charge in [0, 0.05) is 16.1 Å². The Morgan fingerprint density at radius 3 is 2.52 bits per heavy atom. The zero-order chi connectivity index (χ0) is 17.1. The summed E-state index contributed by atoms with van der Waals surface area (Å²) in [7, 11) is 0. The molecule has 0 amide bonds. The van der Waals surface area contributed by atoms with E-state index in [1.54, 1.807) is 11.3 Å². The van der Waals surface area contributed by atoms with Gasteiger partial charge in [-0.3, -0.25) is 0 Å². The van der Waals surface area contributed by atoms with Crippen LogP contribution in [0, 0.1) is 6.92 Å². The molecule has 124 valence electrons. The third kappa shape index (κ3) is 3.75. The van der Waals surface area contributed by atoms with Crippen LogP contribution in [-0.4, -0.2) is 0 Å². The Labute approximate surface area is 153 Å². The van der Waals surface area contributed by atoms with Crippen molar-refractivity contribution in [3.05, 3.63) is 94.9 Å². The van der Waals surface area contributed by atoms with Crippen LogP contribution in [0.1, 0.15) is 16.7 Å². The molecule has 3 aromatic carbocycles. The first kappa shape index (κ1) is 15.9. The number of thiophene rings is 1. The predicted octanol–water partition coefficient (Wildman–Crippen LogP) is 6.74. The standard InChI is InChI=1S/C23H21NS/c1-17-7-8-19(10-9-18-5-3-2-4-6-18)15-22(17)24-21-11-12-23-20(16-21)13-14-25-23/h2-8,11-16,24H,9-10H2,1H3. The van der Waals surface area contributed by atoms with Crippen molar-refractivity contribution < 1.29 is 0 Å². The van der Waals surface area contributed by atoms with Gasteiger partial charge in [0.05, 0.1) is 0 Å². The molecule has 1 heterocycles. The van der Waals surface area contributed by atoms with E-state index < -0.39 is 0 Å². The van der Waals surface area contributed by atoms with E-state index in [-0.39, 0.29) is 0 Å². The van der Waals surface area contributed by atoms with E-state index in [9.17, 15) is 0 Å². The number of anilines is 2. The number of rotatable bonds is 5. The van der Waals surface area contributed by atoms with Gasteiger partial charge in [0.15, 0.2) is 0 Å². The molecule has 0 saturated carbocycles. The maximum Gasteiger partial charge on any atom is 0.0416 e. The van der Waals surface area contributed by atoms with Gasteiger partial charge in [-0.15, -0.1) is 11.3 Å². The van der Waals surface area contributed by atoms with Gasteiger partial charge in [-0.25, -0.2) is 0 Å². The fraction of sp³-hybridized carbons (Fsp3) is 0.130. The van der Waals surface area contributed by atoms with Crippen molar-refractivity contribution in [1.29, 1.82) is 0 Å². The summed E-state index contributed by atoms with van der Waals surface area (Å²) in [6.07, 6.45) is 2.13. The first-order valence-electron chi connectivity index (χ1n) is 8.66. The second-order valence-electron chi connectivity index (χ2n) is 6.43. The van der Waals surface area contributed by atoms with E-state index in [1.807, 2.05) is 0 Å². The van der Waals surface area contributed by atoms with E-state index in [4.69, 9.17) is 0 Å². The summed E-state index contributed by atoms with van der Waals surface area (Å²) >= 11 is 1.78. The van der Waals surface area contributed by atoms with Crippen LogP contribution in [0.25, 0.3) is 10.1 Å². The summed E-state index contributed by atoms with van der Waals surface area (Å²) < 4.78 is 1.33. The maximum atomic E-state index is 3.60. The molecule has 0 fully saturated rings. The van der Waals surface area contributed by atoms with Gasteiger partial charge in [-0.2, -0.15) is 0 Å². The number of hydrogen-bond acceptors (Lipinski definition) is 2. The largest absolute Gasteiger partial charge is 0.355 e. The first-order chi connectivity index (χ1) is 12.3. The first-order valence-corrected chi connectivity index (χ1v) is 9.54. The molecule has 0 bridgehead atoms. The molecule has 0 unspecified atom stereocenters. The minimum Gasteiger partial charge on any atom is -0.355 e. The van der Waals surface area contributed by atoms with Crippen LogP contribution in [0.3, 0.4) is 0 Å². The molecular formula is C23H21NS. The average molecular weight is 343 g/mol. The van der Waals surface area contributed by atoms with Crippen LogP contribution in [-0.2, 0) is 12.8 Å². The summed E-state index contributed by atoms with van der Waals surface area (Å²) in [5, 5.41) is 7.04. The maximum absolute atomic E-state index is 3.60. The number of fused-ring (bicyclic) bond motifs is 1. The summed E-state index contributed by atoms with van der Waals surface area (Å²) in [4.78, 5) is 0. The fourth-order valence-corrected chi connectivity index (χ4v) is 3.86. The quantitative estimate of drug-likeness (QED) is 0.423. The Kier molecular flexibility index (Phi) is 4.53. The molecule has 0 aliphatic carbocycles. The highest BCUT2D eigenvalue weighted by atomic mass is 32.1. The van der Waals surface area contributed by atoms with Gasteiger partial charge in [-0.05, 0) is 77.6 Å². The van der Waals surface area contributed by atoms with Crippen LogP contribution in [0.4, 0.5) is 11.4 Å². The number of nitrogens with one attached hydrogen (secondary N) is 1. The lowest BCUT2D eigenvalue weighted by Gasteiger charge is -2.12. The van der Waals surface area contributed by atoms with E-state index in [0.29, 0.717) is 0 Å². The number of hydrogen-bond donors (Lipinski definition) is 1. The lowest BCUT2D eigenvalue weighted by Crippen LogP contribution is -1.96. The molecule has 4 aromatic rings. The van der Waals surface area contributed by atoms with Crippen molar-refractivity contribution in [2.45, 2.75) is 19.8 Å². The highest BCUT2D eigenvalue weighted by Crippen LogP contribution is 2.27. The Morgan fingerprint density at radius 1 is 0.800 bits per heavy atom. The SMILES string of the molecule is Cc1ccc(CCc2ccccc2)cc1Nc1ccc2sccc2c1. The van der Waals surface area contributed by atoms with Gasteiger partial charge in [0.25, 0.3) is 0 Å². The van der Waals surface area contributed by atoms with Gasteiger partial charge >= 0.3 is 0 Å². The third-order valence-corrected chi connectivity index (χ3v) is 5.48. The van der Waals surface area contributed by atoms with Gasteiger partial charge < -0.3 is 5.32 Å². The Hall–Kier alpha value is -2.58. The zero-order valence-corrected chi connectivity index (χ0v) is 15.1. The molecule has 4 rings (SSSR count). The summed E-state index contributed by atoms with van der Waals surface area (Å²) in [5.41, 5.74) is 6.37. The topological polar surface area (TPSA) is 12.0 Å². The van der Waals surface area contributed by atoms with Crippen molar-refractivity contribution in [3.8, 4) is 0 Å². The van der Waals surface area contributed by atoms with Crippen molar-refractivity contribution in [2.75, 3.05) is 5.32 Å². The van der Waals surface area contributed by atoms with E-state index >= 15 is 0 Å². The molecule has 1 N–H and O–H groups in total. The minimum atomic E-state index is 1.06. The lowest BCUT2D eigenvalue weighted by molar-refractivity contribution is 0.960. The summed E-state index contributed by atoms with van der Waals surface area (Å²) in [5.74, 6) is 0. The Morgan fingerprint density at radius 2 is 1.64 bits per heavy atom. The Balaban J connectivity index is 1.52. The van der Waals surface area contributed by atoms with Gasteiger partial charge in [-0.1, -0.05) is 42.5 Å². The molecular weight excluding hydrogens is 322 g/mol. The predicted molar refractivity (Wildman–Crippen MR) is 110 cm³/mol. The fourth-order valence-electron chi connectivity index (χ4n) is 3.09. The van der Waals surface area contributed by atoms with E-state index in [1.165, 1.54) is 32.5 Å². The molecule has 0 atom stereocenters. The monoisotopic (exact) mass is 343 g/mol. The zero-order valence-electron chi connectivity index (χ0n) is 14.3. The van der Waals surface area contributed by atoms with Gasteiger partial charge in [0.1, 0.15) is 0 Å². The van der Waals surface area contributed by atoms with E-state index in [2.05, 4.69) is 90.4 Å². The lowest BCUT2D eigenvalue weighted by atomic mass is 10.0. The molecule has 25 heavy (non-hydrogen) atoms. The molecule has 0 radical (unpaired) electrons. The van der Waals surface area contributed by atoms with Crippen LogP contribution >= 0.6 is 11.3 Å². The molecule has 0 spiro atoms. The second kappa shape index (κ2) is 7.12. The normalized spacial score (nSPS) is 10.9. The van der Waals surface area contributed by atoms with Crippen molar-refractivity contribution >= 4 is 32.8 Å². The highest BCUT2D eigenvalue weighted by Gasteiger charge is 2.04. The molecule has 2 heteroatoms. The van der Waals surface area contributed by atoms with Crippen molar-refractivity contribution in [2.24, 2.45) is 0 Å². The van der Waals surface area contributed by atoms with Crippen molar-refractivity contribution in [1.82, 2.24) is 0 Å². The Bertz CT molecular complexity index is 985. The highest BCUT2D eigenvalue weighted by molar-refractivity contribution is 7.17. The molecule has 0 aliphatic rings. The van der Waals surface area contributed by atoms with Crippen LogP contribution in [0.5, 0.6) is 0 Å². The summed E-state index contributed by atoms with van der Waals surface area (Å²) in [6.45, 7) is 2.16. The average Bonchev–Trinajstić information content (AvgIpc) is 3.11. The van der Waals surface area contributed by atoms with E-state index in [0.717, 1.165) is 18.5 Å². The number of benzene rings is 3. The molecule has 1 nitrogen and oxygen atoms in total. The van der Waals surface area contributed by atoms with Crippen LogP contribution in [0.15, 0.2) is 78.2 Å². The summed E-state index contributed by atoms with van der Waals surface area (Å²) in [6, 6.07) is 26.2. The minimum absolute atomic E-state index is 1.06. The van der Waals surface area contributed by atoms with Crippen LogP contribution in [0.2, 0.25) is 0 Å².